The number of amidine groups is 1. The second kappa shape index (κ2) is 3.84. The lowest BCUT2D eigenvalue weighted by Gasteiger charge is -2.12. The number of hydrogen-bond acceptors (Lipinski definition) is 4. The molecule has 1 aliphatic carbocycles. The zero-order valence-electron chi connectivity index (χ0n) is 8.60. The van der Waals surface area contributed by atoms with Gasteiger partial charge < -0.3 is 16.3 Å². The van der Waals surface area contributed by atoms with Crippen LogP contribution in [-0.4, -0.2) is 27.1 Å². The van der Waals surface area contributed by atoms with E-state index in [1.807, 2.05) is 0 Å². The minimum absolute atomic E-state index is 0.0165. The average molecular weight is 223 g/mol. The van der Waals surface area contributed by atoms with Gasteiger partial charge in [-0.2, -0.15) is 5.10 Å². The number of aromatic nitrogens is 2. The van der Waals surface area contributed by atoms with E-state index in [9.17, 15) is 4.79 Å². The first kappa shape index (κ1) is 10.5. The van der Waals surface area contributed by atoms with Crippen LogP contribution in [0.3, 0.4) is 0 Å². The Kier molecular flexibility index (Phi) is 2.51. The van der Waals surface area contributed by atoms with Crippen molar-refractivity contribution in [3.63, 3.8) is 0 Å². The summed E-state index contributed by atoms with van der Waals surface area (Å²) in [6, 6.07) is 0. The standard InChI is InChI=1S/C9H13N5O2/c10-7(14-16)9(1-2-9)8(15)11-3-6-4-12-13-5-6/h4-5,16H,1-3H2,(H2,10,14)(H,11,15)(H,12,13). The molecule has 0 unspecified atom stereocenters. The molecule has 0 saturated heterocycles. The number of nitrogens with one attached hydrogen (secondary N) is 2. The fourth-order valence-electron chi connectivity index (χ4n) is 1.55. The summed E-state index contributed by atoms with van der Waals surface area (Å²) < 4.78 is 0. The van der Waals surface area contributed by atoms with Crippen LogP contribution in [0.4, 0.5) is 0 Å². The lowest BCUT2D eigenvalue weighted by atomic mass is 10.1. The quantitative estimate of drug-likeness (QED) is 0.239. The number of nitrogens with zero attached hydrogens (tertiary/aromatic N) is 2. The van der Waals surface area contributed by atoms with E-state index < -0.39 is 5.41 Å². The largest absolute Gasteiger partial charge is 0.409 e. The molecule has 1 heterocycles. The van der Waals surface area contributed by atoms with Crippen molar-refractivity contribution in [3.05, 3.63) is 18.0 Å². The number of oxime groups is 1. The van der Waals surface area contributed by atoms with Gasteiger partial charge in [-0.05, 0) is 12.8 Å². The Morgan fingerprint density at radius 2 is 2.50 bits per heavy atom. The Labute approximate surface area is 91.7 Å². The predicted octanol–water partition coefficient (Wildman–Crippen LogP) is -0.448. The molecule has 86 valence electrons. The Hall–Kier alpha value is -2.05. The van der Waals surface area contributed by atoms with Crippen LogP contribution in [0.1, 0.15) is 18.4 Å². The zero-order chi connectivity index (χ0) is 11.6. The lowest BCUT2D eigenvalue weighted by molar-refractivity contribution is -0.124. The Bertz CT molecular complexity index is 408. The van der Waals surface area contributed by atoms with Gasteiger partial charge in [0.25, 0.3) is 0 Å². The molecule has 1 aromatic rings. The molecule has 0 atom stereocenters. The van der Waals surface area contributed by atoms with E-state index in [4.69, 9.17) is 10.9 Å². The molecule has 0 radical (unpaired) electrons. The number of nitrogens with two attached hydrogens (primary N) is 1. The van der Waals surface area contributed by atoms with Gasteiger partial charge in [-0.15, -0.1) is 0 Å². The maximum atomic E-state index is 11.8. The number of hydrogen-bond donors (Lipinski definition) is 4. The normalized spacial score (nSPS) is 18.1. The van der Waals surface area contributed by atoms with E-state index in [-0.39, 0.29) is 11.7 Å². The highest BCUT2D eigenvalue weighted by Crippen LogP contribution is 2.46. The van der Waals surface area contributed by atoms with Crippen LogP contribution in [0.25, 0.3) is 0 Å². The third-order valence-electron chi connectivity index (χ3n) is 2.79. The van der Waals surface area contributed by atoms with E-state index in [1.165, 1.54) is 0 Å². The first-order valence-corrected chi connectivity index (χ1v) is 4.93. The predicted molar refractivity (Wildman–Crippen MR) is 55.5 cm³/mol. The maximum absolute atomic E-state index is 11.8. The third-order valence-corrected chi connectivity index (χ3v) is 2.79. The van der Waals surface area contributed by atoms with Crippen molar-refractivity contribution in [1.29, 1.82) is 0 Å². The van der Waals surface area contributed by atoms with Gasteiger partial charge in [-0.1, -0.05) is 5.16 Å². The molecular formula is C9H13N5O2. The first-order valence-electron chi connectivity index (χ1n) is 4.93. The highest BCUT2D eigenvalue weighted by Gasteiger charge is 2.54. The second-order valence-corrected chi connectivity index (χ2v) is 3.86. The molecule has 0 aliphatic heterocycles. The SMILES string of the molecule is NC(=NO)C1(C(=O)NCc2cn[nH]c2)CC1. The first-order chi connectivity index (χ1) is 7.69. The Balaban J connectivity index is 1.94. The molecule has 16 heavy (non-hydrogen) atoms. The van der Waals surface area contributed by atoms with Crippen molar-refractivity contribution in [2.75, 3.05) is 0 Å². The molecule has 1 amide bonds. The summed E-state index contributed by atoms with van der Waals surface area (Å²) in [4.78, 5) is 11.8. The third kappa shape index (κ3) is 1.71. The molecule has 1 fully saturated rings. The number of rotatable bonds is 4. The van der Waals surface area contributed by atoms with Crippen LogP contribution < -0.4 is 11.1 Å². The molecule has 7 nitrogen and oxygen atoms in total. The number of amides is 1. The topological polar surface area (TPSA) is 116 Å². The van der Waals surface area contributed by atoms with Gasteiger partial charge in [0.2, 0.25) is 5.91 Å². The molecule has 0 aromatic carbocycles. The van der Waals surface area contributed by atoms with Crippen molar-refractivity contribution >= 4 is 11.7 Å². The van der Waals surface area contributed by atoms with E-state index in [2.05, 4.69) is 20.7 Å². The molecular weight excluding hydrogens is 210 g/mol. The van der Waals surface area contributed by atoms with Gasteiger partial charge in [0.15, 0.2) is 5.84 Å². The molecule has 0 spiro atoms. The van der Waals surface area contributed by atoms with Gasteiger partial charge in [-0.25, -0.2) is 0 Å². The summed E-state index contributed by atoms with van der Waals surface area (Å²) in [6.07, 6.45) is 4.58. The van der Waals surface area contributed by atoms with E-state index in [0.29, 0.717) is 19.4 Å². The summed E-state index contributed by atoms with van der Waals surface area (Å²) in [5.41, 5.74) is 5.57. The minimum atomic E-state index is -0.793. The summed E-state index contributed by atoms with van der Waals surface area (Å²) in [6.45, 7) is 0.385. The molecule has 7 heteroatoms. The number of H-pyrrole nitrogens is 1. The molecule has 1 aromatic heterocycles. The molecule has 0 bridgehead atoms. The van der Waals surface area contributed by atoms with Crippen molar-refractivity contribution in [2.24, 2.45) is 16.3 Å². The van der Waals surface area contributed by atoms with Crippen molar-refractivity contribution in [2.45, 2.75) is 19.4 Å². The van der Waals surface area contributed by atoms with E-state index in [1.54, 1.807) is 12.4 Å². The Morgan fingerprint density at radius 3 is 3.00 bits per heavy atom. The van der Waals surface area contributed by atoms with E-state index >= 15 is 0 Å². The smallest absolute Gasteiger partial charge is 0.234 e. The summed E-state index contributed by atoms with van der Waals surface area (Å²) in [5.74, 6) is -0.221. The highest BCUT2D eigenvalue weighted by molar-refractivity contribution is 6.09. The zero-order valence-corrected chi connectivity index (χ0v) is 8.60. The minimum Gasteiger partial charge on any atom is -0.409 e. The fraction of sp³-hybridized carbons (Fsp3) is 0.444. The van der Waals surface area contributed by atoms with Crippen LogP contribution in [0.5, 0.6) is 0 Å². The van der Waals surface area contributed by atoms with Crippen molar-refractivity contribution in [3.8, 4) is 0 Å². The number of aromatic amines is 1. The van der Waals surface area contributed by atoms with Gasteiger partial charge in [0, 0.05) is 18.3 Å². The van der Waals surface area contributed by atoms with Crippen LogP contribution in [0, 0.1) is 5.41 Å². The number of carbonyl (C=O) groups excluding carboxylic acids is 1. The fourth-order valence-corrected chi connectivity index (χ4v) is 1.55. The monoisotopic (exact) mass is 223 g/mol. The summed E-state index contributed by atoms with van der Waals surface area (Å²) in [7, 11) is 0. The highest BCUT2D eigenvalue weighted by atomic mass is 16.4. The van der Waals surface area contributed by atoms with Crippen LogP contribution in [0.2, 0.25) is 0 Å². The number of carbonyl (C=O) groups is 1. The molecule has 5 N–H and O–H groups in total. The van der Waals surface area contributed by atoms with Gasteiger partial charge >= 0.3 is 0 Å². The summed E-state index contributed by atoms with van der Waals surface area (Å²) >= 11 is 0. The second-order valence-electron chi connectivity index (χ2n) is 3.86. The van der Waals surface area contributed by atoms with Crippen molar-refractivity contribution < 1.29 is 10.0 Å². The summed E-state index contributed by atoms with van der Waals surface area (Å²) in [5, 5.41) is 20.6. The van der Waals surface area contributed by atoms with Crippen LogP contribution in [-0.2, 0) is 11.3 Å². The maximum Gasteiger partial charge on any atom is 0.234 e. The molecule has 2 rings (SSSR count). The van der Waals surface area contributed by atoms with E-state index in [0.717, 1.165) is 5.56 Å². The van der Waals surface area contributed by atoms with Gasteiger partial charge in [0.1, 0.15) is 5.41 Å². The van der Waals surface area contributed by atoms with Gasteiger partial charge in [0.05, 0.1) is 6.20 Å². The Morgan fingerprint density at radius 1 is 1.75 bits per heavy atom. The van der Waals surface area contributed by atoms with Crippen LogP contribution >= 0.6 is 0 Å². The van der Waals surface area contributed by atoms with Crippen LogP contribution in [0.15, 0.2) is 17.5 Å². The molecule has 1 aliphatic rings. The molecule has 1 saturated carbocycles. The van der Waals surface area contributed by atoms with Crippen molar-refractivity contribution in [1.82, 2.24) is 15.5 Å². The lowest BCUT2D eigenvalue weighted by Crippen LogP contribution is -2.40. The van der Waals surface area contributed by atoms with Gasteiger partial charge in [-0.3, -0.25) is 9.89 Å². The average Bonchev–Trinajstić information content (AvgIpc) is 2.95.